The summed E-state index contributed by atoms with van der Waals surface area (Å²) < 4.78 is 6.85. The molecule has 20 heavy (non-hydrogen) atoms. The first-order chi connectivity index (χ1) is 9.67. The Morgan fingerprint density at radius 1 is 1.40 bits per heavy atom. The van der Waals surface area contributed by atoms with E-state index in [1.807, 2.05) is 6.26 Å². The van der Waals surface area contributed by atoms with E-state index in [-0.39, 0.29) is 11.5 Å². The molecule has 8 nitrogen and oxygen atoms in total. The first kappa shape index (κ1) is 13.2. The van der Waals surface area contributed by atoms with E-state index in [1.54, 1.807) is 0 Å². The standard InChI is InChI=1S/C11H12N4O4S/c1-20-10-6-9(12-3-13-10)15(4-14-6)11-8(18)7(17)5(2-16)19-11/h3-4,8,11,16-18H,2H2,1H3. The van der Waals surface area contributed by atoms with Crippen LogP contribution < -0.4 is 0 Å². The Labute approximate surface area is 117 Å². The number of hydrogen-bond donors (Lipinski definition) is 3. The van der Waals surface area contributed by atoms with Crippen LogP contribution in [0, 0.1) is 0 Å². The van der Waals surface area contributed by atoms with Gasteiger partial charge in [-0.2, -0.15) is 0 Å². The van der Waals surface area contributed by atoms with E-state index < -0.39 is 18.9 Å². The van der Waals surface area contributed by atoms with E-state index in [2.05, 4.69) is 15.0 Å². The molecule has 0 saturated carbocycles. The van der Waals surface area contributed by atoms with Crippen LogP contribution in [0.3, 0.4) is 0 Å². The van der Waals surface area contributed by atoms with Crippen molar-refractivity contribution in [2.24, 2.45) is 0 Å². The quantitative estimate of drug-likeness (QED) is 0.544. The van der Waals surface area contributed by atoms with Crippen LogP contribution in [0.5, 0.6) is 0 Å². The lowest BCUT2D eigenvalue weighted by molar-refractivity contribution is -0.0120. The fraction of sp³-hybridized carbons (Fsp3) is 0.364. The molecule has 2 unspecified atom stereocenters. The molecule has 0 spiro atoms. The van der Waals surface area contributed by atoms with Crippen molar-refractivity contribution >= 4 is 22.9 Å². The molecule has 1 aliphatic heterocycles. The van der Waals surface area contributed by atoms with Crippen molar-refractivity contribution in [3.05, 3.63) is 24.2 Å². The number of ether oxygens (including phenoxy) is 1. The summed E-state index contributed by atoms with van der Waals surface area (Å²) in [6.07, 6.45) is 2.54. The van der Waals surface area contributed by atoms with Crippen molar-refractivity contribution in [2.45, 2.75) is 17.4 Å². The minimum atomic E-state index is -1.28. The third-order valence-electron chi connectivity index (χ3n) is 3.04. The summed E-state index contributed by atoms with van der Waals surface area (Å²) in [7, 11) is 0. The number of thioether (sulfide) groups is 1. The zero-order valence-electron chi connectivity index (χ0n) is 10.5. The third-order valence-corrected chi connectivity index (χ3v) is 3.72. The van der Waals surface area contributed by atoms with Crippen molar-refractivity contribution in [1.82, 2.24) is 19.5 Å². The highest BCUT2D eigenvalue weighted by Crippen LogP contribution is 2.33. The summed E-state index contributed by atoms with van der Waals surface area (Å²) in [6, 6.07) is 0. The zero-order valence-corrected chi connectivity index (χ0v) is 11.3. The average molecular weight is 296 g/mol. The predicted octanol–water partition coefficient (Wildman–Crippen LogP) is 0.200. The van der Waals surface area contributed by atoms with Gasteiger partial charge in [-0.3, -0.25) is 4.57 Å². The molecule has 2 aromatic rings. The van der Waals surface area contributed by atoms with Crippen molar-refractivity contribution in [1.29, 1.82) is 0 Å². The van der Waals surface area contributed by atoms with Gasteiger partial charge in [0.2, 0.25) is 6.23 Å². The molecule has 0 saturated heterocycles. The number of rotatable bonds is 3. The van der Waals surface area contributed by atoms with Gasteiger partial charge in [-0.25, -0.2) is 15.0 Å². The summed E-state index contributed by atoms with van der Waals surface area (Å²) in [6.45, 7) is -0.489. The lowest BCUT2D eigenvalue weighted by atomic mass is 10.2. The Balaban J connectivity index is 2.05. The van der Waals surface area contributed by atoms with Crippen molar-refractivity contribution in [2.75, 3.05) is 12.9 Å². The maximum atomic E-state index is 9.98. The molecule has 3 heterocycles. The van der Waals surface area contributed by atoms with Crippen LogP contribution in [0.4, 0.5) is 0 Å². The largest absolute Gasteiger partial charge is 0.506 e. The number of nitrogens with zero attached hydrogens (tertiary/aromatic N) is 4. The molecule has 3 rings (SSSR count). The number of aliphatic hydroxyl groups excluding tert-OH is 3. The van der Waals surface area contributed by atoms with Gasteiger partial charge < -0.3 is 20.1 Å². The van der Waals surface area contributed by atoms with Gasteiger partial charge >= 0.3 is 0 Å². The molecule has 0 bridgehead atoms. The molecule has 3 N–H and O–H groups in total. The predicted molar refractivity (Wildman–Crippen MR) is 70.0 cm³/mol. The van der Waals surface area contributed by atoms with E-state index in [1.165, 1.54) is 29.0 Å². The van der Waals surface area contributed by atoms with Gasteiger partial charge in [0.05, 0.1) is 0 Å². The minimum Gasteiger partial charge on any atom is -0.506 e. The maximum absolute atomic E-state index is 9.98. The lowest BCUT2D eigenvalue weighted by Gasteiger charge is -2.17. The Hall–Kier alpha value is -1.84. The van der Waals surface area contributed by atoms with E-state index in [4.69, 9.17) is 9.84 Å². The Bertz CT molecular complexity index is 686. The monoisotopic (exact) mass is 296 g/mol. The molecule has 9 heteroatoms. The van der Waals surface area contributed by atoms with Crippen LogP contribution in [0.2, 0.25) is 0 Å². The smallest absolute Gasteiger partial charge is 0.211 e. The molecule has 0 fully saturated rings. The second-order valence-electron chi connectivity index (χ2n) is 4.13. The number of imidazole rings is 1. The maximum Gasteiger partial charge on any atom is 0.211 e. The molecule has 0 amide bonds. The molecule has 106 valence electrons. The van der Waals surface area contributed by atoms with E-state index in [0.29, 0.717) is 16.2 Å². The zero-order chi connectivity index (χ0) is 14.3. The molecule has 0 aliphatic carbocycles. The molecule has 1 aliphatic rings. The summed E-state index contributed by atoms with van der Waals surface area (Å²) in [5, 5.41) is 29.4. The summed E-state index contributed by atoms with van der Waals surface area (Å²) >= 11 is 1.43. The second kappa shape index (κ2) is 4.93. The van der Waals surface area contributed by atoms with Gasteiger partial charge in [0.25, 0.3) is 0 Å². The van der Waals surface area contributed by atoms with Gasteiger partial charge in [-0.15, -0.1) is 11.8 Å². The number of aliphatic hydroxyl groups is 3. The van der Waals surface area contributed by atoms with Crippen molar-refractivity contribution < 1.29 is 20.1 Å². The minimum absolute atomic E-state index is 0.0523. The van der Waals surface area contributed by atoms with Crippen LogP contribution >= 0.6 is 11.8 Å². The van der Waals surface area contributed by atoms with Crippen molar-refractivity contribution in [3.8, 4) is 0 Å². The summed E-state index contributed by atoms with van der Waals surface area (Å²) in [5.41, 5.74) is 1.08. The lowest BCUT2D eigenvalue weighted by Crippen LogP contribution is -2.22. The molecule has 2 aromatic heterocycles. The Morgan fingerprint density at radius 2 is 2.20 bits per heavy atom. The van der Waals surface area contributed by atoms with Crippen LogP contribution in [-0.2, 0) is 4.74 Å². The fourth-order valence-corrected chi connectivity index (χ4v) is 2.55. The van der Waals surface area contributed by atoms with Gasteiger partial charge in [0.15, 0.2) is 23.3 Å². The highest BCUT2D eigenvalue weighted by atomic mass is 32.2. The number of aromatic nitrogens is 4. The van der Waals surface area contributed by atoms with Crippen LogP contribution in [-0.4, -0.2) is 53.8 Å². The number of fused-ring (bicyclic) bond motifs is 1. The van der Waals surface area contributed by atoms with Gasteiger partial charge in [-0.1, -0.05) is 0 Å². The highest BCUT2D eigenvalue weighted by Gasteiger charge is 2.37. The third kappa shape index (κ3) is 1.82. The van der Waals surface area contributed by atoms with Crippen molar-refractivity contribution in [3.63, 3.8) is 0 Å². The first-order valence-electron chi connectivity index (χ1n) is 5.76. The molecular weight excluding hydrogens is 284 g/mol. The Kier molecular flexibility index (Phi) is 3.24. The van der Waals surface area contributed by atoms with Crippen LogP contribution in [0.1, 0.15) is 6.23 Å². The summed E-state index contributed by atoms with van der Waals surface area (Å²) in [4.78, 5) is 12.4. The topological polar surface area (TPSA) is 114 Å². The molecule has 0 radical (unpaired) electrons. The van der Waals surface area contributed by atoms with E-state index in [9.17, 15) is 10.2 Å². The van der Waals surface area contributed by atoms with Gasteiger partial charge in [-0.05, 0) is 6.26 Å². The molecule has 0 aromatic carbocycles. The normalized spacial score (nSPS) is 22.6. The highest BCUT2D eigenvalue weighted by molar-refractivity contribution is 7.98. The average Bonchev–Trinajstić information content (AvgIpc) is 3.01. The van der Waals surface area contributed by atoms with E-state index in [0.717, 1.165) is 0 Å². The van der Waals surface area contributed by atoms with Gasteiger partial charge in [0, 0.05) is 0 Å². The van der Waals surface area contributed by atoms with E-state index >= 15 is 0 Å². The first-order valence-corrected chi connectivity index (χ1v) is 6.99. The van der Waals surface area contributed by atoms with Crippen LogP contribution in [0.15, 0.2) is 29.2 Å². The van der Waals surface area contributed by atoms with Crippen LogP contribution in [0.25, 0.3) is 11.2 Å². The molecule has 2 atom stereocenters. The fourth-order valence-electron chi connectivity index (χ4n) is 2.06. The SMILES string of the molecule is CSc1ncnc2c1ncn2C1OC(CO)=C(O)C1O. The van der Waals surface area contributed by atoms with Gasteiger partial charge in [0.1, 0.15) is 29.8 Å². The second-order valence-corrected chi connectivity index (χ2v) is 4.92. The summed E-state index contributed by atoms with van der Waals surface area (Å²) in [5.74, 6) is -0.429. The Morgan fingerprint density at radius 3 is 2.85 bits per heavy atom. The number of hydrogen-bond acceptors (Lipinski definition) is 8. The molecular formula is C11H12N4O4S.